The van der Waals surface area contributed by atoms with Gasteiger partial charge in [0.25, 0.3) is 11.5 Å². The van der Waals surface area contributed by atoms with E-state index in [2.05, 4.69) is 0 Å². The highest BCUT2D eigenvalue weighted by Crippen LogP contribution is 2.25. The van der Waals surface area contributed by atoms with Crippen LogP contribution in [0.2, 0.25) is 0 Å². The van der Waals surface area contributed by atoms with Crippen LogP contribution in [-0.4, -0.2) is 34.5 Å². The van der Waals surface area contributed by atoms with Crippen LogP contribution in [-0.2, 0) is 16.8 Å². The third kappa shape index (κ3) is 2.20. The Kier molecular flexibility index (Phi) is 3.76. The van der Waals surface area contributed by atoms with Crippen molar-refractivity contribution in [2.24, 2.45) is 5.73 Å². The summed E-state index contributed by atoms with van der Waals surface area (Å²) in [6.45, 7) is 1.46. The van der Waals surface area contributed by atoms with Crippen molar-refractivity contribution in [3.63, 3.8) is 0 Å². The molecule has 0 radical (unpaired) electrons. The molecule has 0 atom stereocenters. The van der Waals surface area contributed by atoms with Crippen LogP contribution >= 0.6 is 0 Å². The minimum atomic E-state index is -2.74. The van der Waals surface area contributed by atoms with Crippen molar-refractivity contribution in [1.29, 1.82) is 0 Å². The quantitative estimate of drug-likeness (QED) is 0.567. The second-order valence-corrected chi connectivity index (χ2v) is 4.01. The maximum atomic E-state index is 11.7. The summed E-state index contributed by atoms with van der Waals surface area (Å²) in [6, 6.07) is 0. The number of nitrogens with zero attached hydrogens (tertiary/aromatic N) is 1. The second-order valence-electron chi connectivity index (χ2n) is 3.25. The number of rotatable bonds is 3. The van der Waals surface area contributed by atoms with Gasteiger partial charge in [0.15, 0.2) is 0 Å². The van der Waals surface area contributed by atoms with Gasteiger partial charge in [-0.25, -0.2) is 0 Å². The minimum Gasteiger partial charge on any atom is -0.506 e. The van der Waals surface area contributed by atoms with Crippen molar-refractivity contribution < 1.29 is 23.4 Å². The predicted molar refractivity (Wildman–Crippen MR) is 62.3 cm³/mol. The van der Waals surface area contributed by atoms with Gasteiger partial charge in [-0.3, -0.25) is 14.2 Å². The van der Waals surface area contributed by atoms with Gasteiger partial charge in [-0.1, -0.05) is 0 Å². The molecule has 0 saturated heterocycles. The predicted octanol–water partition coefficient (Wildman–Crippen LogP) is -1.59. The standard InChI is InChI=1S/C9H10N2O6S/c1-2-11-8(14)4(3-18(16)17)6(12)5(7(10)13)9(11)15/h3,12,14H,2H2,1H3,(H2,10,13). The Balaban J connectivity index is 3.96. The summed E-state index contributed by atoms with van der Waals surface area (Å²) in [5, 5.41) is 19.7. The number of pyridine rings is 1. The molecule has 8 nitrogen and oxygen atoms in total. The number of carbonyl (C=O) groups excluding carboxylic acids is 1. The average molecular weight is 274 g/mol. The first-order valence-electron chi connectivity index (χ1n) is 4.72. The maximum absolute atomic E-state index is 11.7. The lowest BCUT2D eigenvalue weighted by atomic mass is 10.1. The Hall–Kier alpha value is -2.29. The summed E-state index contributed by atoms with van der Waals surface area (Å²) in [5.41, 5.74) is 2.61. The number of amides is 1. The third-order valence-electron chi connectivity index (χ3n) is 2.22. The lowest BCUT2D eigenvalue weighted by Crippen LogP contribution is -2.30. The molecule has 9 heteroatoms. The molecule has 0 saturated carbocycles. The molecule has 1 rings (SSSR count). The Morgan fingerprint density at radius 1 is 1.44 bits per heavy atom. The SMILES string of the molecule is CCn1c(O)c(C=S(=O)=O)c(O)c(C(N)=O)c1=O. The van der Waals surface area contributed by atoms with Crippen LogP contribution in [0, 0.1) is 0 Å². The molecule has 0 aromatic carbocycles. The number of aromatic hydroxyl groups is 2. The Morgan fingerprint density at radius 3 is 2.39 bits per heavy atom. The van der Waals surface area contributed by atoms with E-state index >= 15 is 0 Å². The lowest BCUT2D eigenvalue weighted by Gasteiger charge is -2.11. The van der Waals surface area contributed by atoms with Crippen molar-refractivity contribution in [1.82, 2.24) is 4.57 Å². The number of hydrogen-bond donors (Lipinski definition) is 3. The third-order valence-corrected chi connectivity index (χ3v) is 2.65. The molecule has 0 unspecified atom stereocenters. The molecule has 0 aliphatic carbocycles. The highest BCUT2D eigenvalue weighted by atomic mass is 32.2. The van der Waals surface area contributed by atoms with Crippen LogP contribution in [0.15, 0.2) is 4.79 Å². The van der Waals surface area contributed by atoms with Crippen LogP contribution in [0.5, 0.6) is 11.6 Å². The zero-order valence-electron chi connectivity index (χ0n) is 9.24. The van der Waals surface area contributed by atoms with E-state index in [0.29, 0.717) is 5.37 Å². The Bertz CT molecular complexity index is 693. The monoisotopic (exact) mass is 274 g/mol. The van der Waals surface area contributed by atoms with Crippen LogP contribution in [0.3, 0.4) is 0 Å². The zero-order chi connectivity index (χ0) is 14.0. The lowest BCUT2D eigenvalue weighted by molar-refractivity contribution is 0.0995. The highest BCUT2D eigenvalue weighted by molar-refractivity contribution is 7.71. The molecule has 98 valence electrons. The number of aromatic nitrogens is 1. The van der Waals surface area contributed by atoms with Gasteiger partial charge in [-0.15, -0.1) is 0 Å². The molecule has 0 bridgehead atoms. The van der Waals surface area contributed by atoms with Gasteiger partial charge in [-0.2, -0.15) is 8.42 Å². The van der Waals surface area contributed by atoms with Crippen molar-refractivity contribution >= 4 is 21.6 Å². The van der Waals surface area contributed by atoms with Gasteiger partial charge in [0.2, 0.25) is 16.2 Å². The van der Waals surface area contributed by atoms with Crippen molar-refractivity contribution in [3.8, 4) is 11.6 Å². The molecule has 1 aromatic rings. The first-order chi connectivity index (χ1) is 8.31. The van der Waals surface area contributed by atoms with Gasteiger partial charge in [-0.05, 0) is 6.92 Å². The molecule has 0 aliphatic heterocycles. The average Bonchev–Trinajstić information content (AvgIpc) is 2.24. The van der Waals surface area contributed by atoms with E-state index < -0.39 is 44.5 Å². The first-order valence-corrected chi connectivity index (χ1v) is 5.86. The Morgan fingerprint density at radius 2 is 2.00 bits per heavy atom. The molecule has 1 aromatic heterocycles. The first kappa shape index (κ1) is 13.8. The number of primary amides is 1. The normalized spacial score (nSPS) is 10.1. The fraction of sp³-hybridized carbons (Fsp3) is 0.222. The maximum Gasteiger partial charge on any atom is 0.270 e. The summed E-state index contributed by atoms with van der Waals surface area (Å²) in [6.07, 6.45) is 0. The summed E-state index contributed by atoms with van der Waals surface area (Å²) < 4.78 is 21.8. The van der Waals surface area contributed by atoms with Gasteiger partial charge in [0.05, 0.1) is 10.9 Å². The van der Waals surface area contributed by atoms with E-state index in [0.717, 1.165) is 4.57 Å². The summed E-state index contributed by atoms with van der Waals surface area (Å²) in [7, 11) is -2.74. The summed E-state index contributed by atoms with van der Waals surface area (Å²) in [5.74, 6) is -2.93. The van der Waals surface area contributed by atoms with Crippen molar-refractivity contribution in [2.45, 2.75) is 13.5 Å². The molecule has 0 spiro atoms. The molecule has 18 heavy (non-hydrogen) atoms. The van der Waals surface area contributed by atoms with E-state index in [4.69, 9.17) is 5.73 Å². The molecule has 0 fully saturated rings. The fourth-order valence-corrected chi connectivity index (χ4v) is 1.85. The number of hydrogen-bond acceptors (Lipinski definition) is 6. The smallest absolute Gasteiger partial charge is 0.270 e. The van der Waals surface area contributed by atoms with E-state index in [-0.39, 0.29) is 6.54 Å². The minimum absolute atomic E-state index is 0.0302. The van der Waals surface area contributed by atoms with Gasteiger partial charge >= 0.3 is 0 Å². The van der Waals surface area contributed by atoms with E-state index in [1.807, 2.05) is 0 Å². The van der Waals surface area contributed by atoms with Crippen LogP contribution < -0.4 is 11.3 Å². The van der Waals surface area contributed by atoms with Crippen LogP contribution in [0.25, 0.3) is 0 Å². The van der Waals surface area contributed by atoms with Gasteiger partial charge < -0.3 is 15.9 Å². The van der Waals surface area contributed by atoms with Crippen molar-refractivity contribution in [2.75, 3.05) is 0 Å². The van der Waals surface area contributed by atoms with Crippen LogP contribution in [0.4, 0.5) is 0 Å². The van der Waals surface area contributed by atoms with Crippen LogP contribution in [0.1, 0.15) is 22.8 Å². The molecule has 1 amide bonds. The molecule has 4 N–H and O–H groups in total. The molecule has 1 heterocycles. The number of carbonyl (C=O) groups is 1. The largest absolute Gasteiger partial charge is 0.506 e. The highest BCUT2D eigenvalue weighted by Gasteiger charge is 2.23. The van der Waals surface area contributed by atoms with E-state index in [1.54, 1.807) is 0 Å². The van der Waals surface area contributed by atoms with Gasteiger partial charge in [0.1, 0.15) is 11.3 Å². The Labute approximate surface area is 102 Å². The van der Waals surface area contributed by atoms with E-state index in [1.165, 1.54) is 6.92 Å². The summed E-state index contributed by atoms with van der Waals surface area (Å²) >= 11 is 0. The van der Waals surface area contributed by atoms with E-state index in [9.17, 15) is 28.2 Å². The molecular formula is C9H10N2O6S. The fourth-order valence-electron chi connectivity index (χ4n) is 1.44. The summed E-state index contributed by atoms with van der Waals surface area (Å²) in [4.78, 5) is 22.8. The molecule has 0 aliphatic rings. The van der Waals surface area contributed by atoms with Gasteiger partial charge in [0, 0.05) is 6.54 Å². The van der Waals surface area contributed by atoms with Crippen molar-refractivity contribution in [3.05, 3.63) is 21.5 Å². The topological polar surface area (TPSA) is 140 Å². The molecular weight excluding hydrogens is 264 g/mol. The zero-order valence-corrected chi connectivity index (χ0v) is 10.1. The second kappa shape index (κ2) is 4.92. The number of nitrogens with two attached hydrogens (primary N) is 1.